The third kappa shape index (κ3) is 19.5. The van der Waals surface area contributed by atoms with Crippen molar-refractivity contribution in [2.75, 3.05) is 58.9 Å². The van der Waals surface area contributed by atoms with E-state index in [2.05, 4.69) is 21.3 Å². The number of nitrogens with one attached hydrogen (secondary N) is 4. The summed E-state index contributed by atoms with van der Waals surface area (Å²) in [6, 6.07) is 7.43. The Morgan fingerprint density at radius 1 is 0.711 bits per heavy atom. The molecule has 0 fully saturated rings. The molecule has 0 aromatic heterocycles. The van der Waals surface area contributed by atoms with Crippen molar-refractivity contribution in [2.45, 2.75) is 129 Å². The van der Waals surface area contributed by atoms with E-state index in [0.29, 0.717) is 112 Å². The smallest absolute Gasteiger partial charge is 0.312 e. The number of carboxylic acids is 1. The lowest BCUT2D eigenvalue weighted by Gasteiger charge is -2.25. The molecule has 4 aliphatic rings. The predicted octanol–water partition coefficient (Wildman–Crippen LogP) is 4.56. The summed E-state index contributed by atoms with van der Waals surface area (Å²) in [7, 11) is 3.09. The van der Waals surface area contributed by atoms with E-state index in [1.54, 1.807) is 62.1 Å². The van der Waals surface area contributed by atoms with E-state index in [4.69, 9.17) is 34.5 Å². The summed E-state index contributed by atoms with van der Waals surface area (Å²) in [4.78, 5) is 129. The van der Waals surface area contributed by atoms with Crippen LogP contribution >= 0.6 is 0 Å². The number of amides is 9. The Kier molecular flexibility index (Phi) is 24.1. The second-order valence-electron chi connectivity index (χ2n) is 20.8. The molecule has 0 unspecified atom stereocenters. The van der Waals surface area contributed by atoms with Gasteiger partial charge in [-0.05, 0) is 109 Å². The van der Waals surface area contributed by atoms with Crippen LogP contribution in [0.2, 0.25) is 0 Å². The molecule has 3 heterocycles. The van der Waals surface area contributed by atoms with Gasteiger partial charge >= 0.3 is 18.0 Å². The van der Waals surface area contributed by atoms with E-state index in [1.165, 1.54) is 12.2 Å². The number of hydrogen-bond acceptors (Lipinski definition) is 15. The molecule has 0 bridgehead atoms. The van der Waals surface area contributed by atoms with Crippen molar-refractivity contribution in [3.8, 4) is 11.5 Å². The van der Waals surface area contributed by atoms with Gasteiger partial charge in [-0.2, -0.15) is 0 Å². The second-order valence-corrected chi connectivity index (χ2v) is 20.8. The Morgan fingerprint density at radius 3 is 2.05 bits per heavy atom. The number of carboxylic acid groups (broad SMARTS) is 1. The molecule has 0 radical (unpaired) electrons. The van der Waals surface area contributed by atoms with Crippen molar-refractivity contribution in [3.63, 3.8) is 0 Å². The summed E-state index contributed by atoms with van der Waals surface area (Å²) in [5.74, 6) is -2.46. The number of primary amides is 1. The number of hydrogen-bond donors (Lipinski definition) is 6. The zero-order valence-electron chi connectivity index (χ0n) is 47.6. The van der Waals surface area contributed by atoms with Crippen LogP contribution in [0.25, 0.3) is 0 Å². The minimum Gasteiger partial charge on any atom is -0.493 e. The Balaban J connectivity index is 0.904. The van der Waals surface area contributed by atoms with E-state index in [-0.39, 0.29) is 100 Å². The first kappa shape index (κ1) is 63.5. The Morgan fingerprint density at radius 2 is 1.39 bits per heavy atom. The van der Waals surface area contributed by atoms with Crippen LogP contribution in [0.15, 0.2) is 83.4 Å². The average molecular weight is 1150 g/mol. The number of allylic oxidation sites excluding steroid dienone is 1. The molecule has 2 atom stereocenters. The van der Waals surface area contributed by atoms with Gasteiger partial charge in [0.25, 0.3) is 11.8 Å². The quantitative estimate of drug-likeness (QED) is 0.0332. The molecule has 24 heteroatoms. The summed E-state index contributed by atoms with van der Waals surface area (Å²) < 4.78 is 29.1. The van der Waals surface area contributed by atoms with Gasteiger partial charge in [0.15, 0.2) is 23.0 Å². The number of unbranched alkanes of at least 4 members (excludes halogenated alkanes) is 2. The van der Waals surface area contributed by atoms with Crippen molar-refractivity contribution in [1.29, 1.82) is 0 Å². The molecule has 0 saturated heterocycles. The van der Waals surface area contributed by atoms with Gasteiger partial charge in [0.1, 0.15) is 18.7 Å². The summed E-state index contributed by atoms with van der Waals surface area (Å²) in [5, 5.41) is 19.7. The number of rotatable bonds is 32. The molecule has 7 N–H and O–H groups in total. The molecule has 1 aliphatic carbocycles. The van der Waals surface area contributed by atoms with Crippen LogP contribution in [0.1, 0.15) is 114 Å². The molecule has 0 saturated carbocycles. The lowest BCUT2D eigenvalue weighted by Crippen LogP contribution is -2.54. The number of esters is 1. The maximum Gasteiger partial charge on any atom is 0.312 e. The van der Waals surface area contributed by atoms with E-state index < -0.39 is 41.9 Å². The molecule has 3 aliphatic heterocycles. The molecule has 24 nitrogen and oxygen atoms in total. The van der Waals surface area contributed by atoms with Crippen molar-refractivity contribution in [3.05, 3.63) is 100 Å². The number of imide groups is 1. The molecule has 2 aromatic carbocycles. The highest BCUT2D eigenvalue weighted by atomic mass is 16.5. The minimum absolute atomic E-state index is 0.0579. The standard InChI is InChI=1S/C59H76N8O16/c1-37(2)56(64-49(68)14-6-5-7-26-67-52(71)19-20-53(67)72)58(77)63-44(12-9-25-61-59(60)78)57(76)62-43-17-15-38(16-18-43)36-83-55(75)24-22-51(70)65-32-39-11-8-13-45(46(79-3)29-40(39)33-65)81-27-10-28-82-48-31-42-35-66(50(69)21-23-54(73)74)34-41(42)30-47(48)80-4/h13,15-20,29-31,37,44,56H,5-12,14,21-28,32-36H2,1-4H3,(H,62,76)(H,63,77)(H,64,68)(H,73,74)(H3,60,61,78)/b45-13+,46-29-/t44-,56-/m0/s1. The number of carbonyl (C=O) groups is 10. The number of nitrogens with zero attached hydrogens (tertiary/aromatic N) is 3. The van der Waals surface area contributed by atoms with Gasteiger partial charge in [0, 0.05) is 82.8 Å². The van der Waals surface area contributed by atoms with E-state index in [0.717, 1.165) is 27.2 Å². The number of urea groups is 1. The van der Waals surface area contributed by atoms with Crippen molar-refractivity contribution in [1.82, 2.24) is 30.7 Å². The number of aliphatic carboxylic acids is 1. The van der Waals surface area contributed by atoms with Crippen LogP contribution in [-0.4, -0.2) is 145 Å². The van der Waals surface area contributed by atoms with Crippen LogP contribution in [0, 0.1) is 5.92 Å². The molecule has 448 valence electrons. The second kappa shape index (κ2) is 31.5. The van der Waals surface area contributed by atoms with Gasteiger partial charge in [-0.15, -0.1) is 0 Å². The third-order valence-corrected chi connectivity index (χ3v) is 14.2. The summed E-state index contributed by atoms with van der Waals surface area (Å²) in [6.45, 7) is 5.92. The van der Waals surface area contributed by atoms with Crippen molar-refractivity contribution >= 4 is 65.0 Å². The summed E-state index contributed by atoms with van der Waals surface area (Å²) in [6.07, 6.45) is 9.72. The third-order valence-electron chi connectivity index (χ3n) is 14.2. The molecule has 83 heavy (non-hydrogen) atoms. The molecule has 2 aromatic rings. The fourth-order valence-corrected chi connectivity index (χ4v) is 9.64. The fourth-order valence-electron chi connectivity index (χ4n) is 9.64. The topological polar surface area (TPSA) is 321 Å². The van der Waals surface area contributed by atoms with Crippen LogP contribution in [0.5, 0.6) is 11.5 Å². The van der Waals surface area contributed by atoms with Gasteiger partial charge < -0.3 is 65.6 Å². The van der Waals surface area contributed by atoms with E-state index >= 15 is 0 Å². The summed E-state index contributed by atoms with van der Waals surface area (Å²) >= 11 is 0. The van der Waals surface area contributed by atoms with Gasteiger partial charge in [-0.1, -0.05) is 32.4 Å². The van der Waals surface area contributed by atoms with Crippen molar-refractivity contribution in [2.24, 2.45) is 11.7 Å². The SMILES string of the molecule is COC1=C\C2=C(CC/C=C\1OCCCOc1cc3c(cc1OC)CN(C(=O)CCC(=O)O)C3)CN(C(=O)CCC(=O)OCc1ccc(NC(=O)[C@H](CCCNC(N)=O)NC(=O)[C@@H](NC(=O)CCCCCN3C(=O)C=CC3=O)C(C)C)cc1)C2. The van der Waals surface area contributed by atoms with Crippen LogP contribution in [0.3, 0.4) is 0 Å². The Bertz CT molecular complexity index is 2840. The highest BCUT2D eigenvalue weighted by Crippen LogP contribution is 2.36. The van der Waals surface area contributed by atoms with E-state index in [9.17, 15) is 47.9 Å². The van der Waals surface area contributed by atoms with Gasteiger partial charge in [0.2, 0.25) is 29.5 Å². The van der Waals surface area contributed by atoms with Crippen LogP contribution < -0.4 is 36.5 Å². The van der Waals surface area contributed by atoms with Crippen LogP contribution in [-0.2, 0) is 77.1 Å². The van der Waals surface area contributed by atoms with Gasteiger partial charge in [0.05, 0.1) is 40.3 Å². The Hall–Kier alpha value is -8.70. The number of fused-ring (bicyclic) bond motifs is 1. The normalized spacial score (nSPS) is 16.5. The molecular weight excluding hydrogens is 1080 g/mol. The average Bonchev–Trinajstić information content (AvgIpc) is 4.21. The number of benzene rings is 2. The fraction of sp³-hybridized carbons (Fsp3) is 0.492. The Labute approximate surface area is 482 Å². The lowest BCUT2D eigenvalue weighted by molar-refractivity contribution is -0.147. The van der Waals surface area contributed by atoms with Crippen LogP contribution in [0.4, 0.5) is 10.5 Å². The number of methoxy groups -OCH3 is 2. The molecule has 6 rings (SSSR count). The zero-order valence-corrected chi connectivity index (χ0v) is 47.6. The largest absolute Gasteiger partial charge is 0.493 e. The van der Waals surface area contributed by atoms with E-state index in [1.807, 2.05) is 24.3 Å². The van der Waals surface area contributed by atoms with Gasteiger partial charge in [-0.3, -0.25) is 48.1 Å². The maximum atomic E-state index is 13.6. The zero-order chi connectivity index (χ0) is 60.0. The molecule has 9 amide bonds. The molecular formula is C59H76N8O16. The summed E-state index contributed by atoms with van der Waals surface area (Å²) in [5.41, 5.74) is 10.1. The predicted molar refractivity (Wildman–Crippen MR) is 300 cm³/mol. The highest BCUT2D eigenvalue weighted by molar-refractivity contribution is 6.12. The highest BCUT2D eigenvalue weighted by Gasteiger charge is 2.31. The first-order valence-corrected chi connectivity index (χ1v) is 27.9. The minimum atomic E-state index is -1.07. The first-order valence-electron chi connectivity index (χ1n) is 27.9. The lowest BCUT2D eigenvalue weighted by atomic mass is 10.0. The van der Waals surface area contributed by atoms with Crippen molar-refractivity contribution < 1.29 is 76.7 Å². The first-order chi connectivity index (χ1) is 39.8. The maximum absolute atomic E-state index is 13.6. The number of carbonyl (C=O) groups excluding carboxylic acids is 9. The van der Waals surface area contributed by atoms with Gasteiger partial charge in [-0.25, -0.2) is 4.79 Å². The number of ether oxygens (including phenoxy) is 5. The number of anilines is 1. The number of nitrogens with two attached hydrogens (primary N) is 1. The monoisotopic (exact) mass is 1150 g/mol. The molecule has 0 spiro atoms.